The van der Waals surface area contributed by atoms with E-state index >= 15 is 0 Å². The van der Waals surface area contributed by atoms with Crippen molar-refractivity contribution >= 4 is 28.1 Å². The summed E-state index contributed by atoms with van der Waals surface area (Å²) in [5.74, 6) is 5.69. The summed E-state index contributed by atoms with van der Waals surface area (Å²) in [5, 5.41) is 11.1. The predicted octanol–water partition coefficient (Wildman–Crippen LogP) is 3.61. The van der Waals surface area contributed by atoms with E-state index < -0.39 is 0 Å². The first kappa shape index (κ1) is 13.9. The number of nitrogens with two attached hydrogens (primary N) is 1. The number of aryl methyl sites for hydroxylation is 1. The Hall–Kier alpha value is -2.77. The first-order valence-corrected chi connectivity index (χ1v) is 7.83. The number of anilines is 1. The molecule has 2 heterocycles. The van der Waals surface area contributed by atoms with E-state index in [0.717, 1.165) is 21.1 Å². The molecule has 114 valence electrons. The van der Waals surface area contributed by atoms with Gasteiger partial charge in [0.05, 0.1) is 5.69 Å². The molecule has 0 aliphatic heterocycles. The largest absolute Gasteiger partial charge is 0.402 e. The van der Waals surface area contributed by atoms with Gasteiger partial charge in [0.25, 0.3) is 5.89 Å². The summed E-state index contributed by atoms with van der Waals surface area (Å²) >= 11 is 1.52. The van der Waals surface area contributed by atoms with Crippen molar-refractivity contribution in [1.82, 2.24) is 15.2 Å². The number of thiazole rings is 1. The van der Waals surface area contributed by atoms with Crippen molar-refractivity contribution in [3.05, 3.63) is 48.2 Å². The van der Waals surface area contributed by atoms with Gasteiger partial charge in [-0.25, -0.2) is 10.8 Å². The minimum absolute atomic E-state index is 0.181. The minimum Gasteiger partial charge on any atom is -0.402 e. The molecule has 0 saturated carbocycles. The Morgan fingerprint density at radius 2 is 1.91 bits per heavy atom. The number of fused-ring (bicyclic) bond motifs is 1. The number of nitrogens with one attached hydrogen (secondary N) is 1. The van der Waals surface area contributed by atoms with Crippen LogP contribution in [0.25, 0.3) is 32.1 Å². The van der Waals surface area contributed by atoms with Crippen LogP contribution in [0, 0.1) is 6.92 Å². The number of hydrazine groups is 1. The summed E-state index contributed by atoms with van der Waals surface area (Å²) in [6.45, 7) is 1.93. The SMILES string of the molecule is Cc1nc(-c2ccc3ccccc3c2)sc1-c1nnc(NN)o1. The summed E-state index contributed by atoms with van der Waals surface area (Å²) in [6.07, 6.45) is 0. The highest BCUT2D eigenvalue weighted by molar-refractivity contribution is 7.18. The Kier molecular flexibility index (Phi) is 3.29. The van der Waals surface area contributed by atoms with Crippen LogP contribution in [0.3, 0.4) is 0 Å². The Morgan fingerprint density at radius 1 is 1.09 bits per heavy atom. The third-order valence-electron chi connectivity index (χ3n) is 3.54. The number of rotatable bonds is 3. The van der Waals surface area contributed by atoms with E-state index in [2.05, 4.69) is 50.9 Å². The highest BCUT2D eigenvalue weighted by Crippen LogP contribution is 2.35. The second kappa shape index (κ2) is 5.45. The number of benzene rings is 2. The normalized spacial score (nSPS) is 11.0. The smallest absolute Gasteiger partial charge is 0.330 e. The van der Waals surface area contributed by atoms with Gasteiger partial charge in [0.15, 0.2) is 0 Å². The lowest BCUT2D eigenvalue weighted by Crippen LogP contribution is -2.06. The van der Waals surface area contributed by atoms with Gasteiger partial charge in [0, 0.05) is 5.56 Å². The zero-order chi connectivity index (χ0) is 15.8. The molecule has 0 fully saturated rings. The first-order chi connectivity index (χ1) is 11.2. The van der Waals surface area contributed by atoms with Gasteiger partial charge in [-0.05, 0) is 23.8 Å². The van der Waals surface area contributed by atoms with Crippen molar-refractivity contribution in [2.24, 2.45) is 5.84 Å². The van der Waals surface area contributed by atoms with E-state index in [1.54, 1.807) is 0 Å². The molecule has 0 spiro atoms. The Balaban J connectivity index is 1.78. The standard InChI is InChI=1S/C16H13N5OS/c1-9-13(14-20-21-16(19-17)22-14)23-15(18-9)12-7-6-10-4-2-3-5-11(10)8-12/h2-8H,17H2,1H3,(H,19,21). The summed E-state index contributed by atoms with van der Waals surface area (Å²) in [4.78, 5) is 5.49. The monoisotopic (exact) mass is 323 g/mol. The quantitative estimate of drug-likeness (QED) is 0.442. The first-order valence-electron chi connectivity index (χ1n) is 7.01. The second-order valence-corrected chi connectivity index (χ2v) is 6.05. The van der Waals surface area contributed by atoms with Crippen LogP contribution in [0.2, 0.25) is 0 Å². The van der Waals surface area contributed by atoms with Crippen LogP contribution in [0.5, 0.6) is 0 Å². The van der Waals surface area contributed by atoms with E-state index in [1.807, 2.05) is 19.1 Å². The van der Waals surface area contributed by atoms with E-state index in [-0.39, 0.29) is 6.01 Å². The number of hydrogen-bond donors (Lipinski definition) is 2. The molecule has 2 aromatic heterocycles. The van der Waals surface area contributed by atoms with Crippen molar-refractivity contribution in [3.8, 4) is 21.3 Å². The molecule has 23 heavy (non-hydrogen) atoms. The maximum atomic E-state index is 5.43. The van der Waals surface area contributed by atoms with Crippen LogP contribution in [0.15, 0.2) is 46.9 Å². The Labute approximate surface area is 136 Å². The molecular formula is C16H13N5OS. The third kappa shape index (κ3) is 2.45. The van der Waals surface area contributed by atoms with Gasteiger partial charge < -0.3 is 4.42 Å². The third-order valence-corrected chi connectivity index (χ3v) is 4.73. The van der Waals surface area contributed by atoms with E-state index in [9.17, 15) is 0 Å². The average Bonchev–Trinajstić information content (AvgIpc) is 3.20. The van der Waals surface area contributed by atoms with Gasteiger partial charge in [-0.3, -0.25) is 5.43 Å². The topological polar surface area (TPSA) is 89.9 Å². The molecule has 6 nitrogen and oxygen atoms in total. The molecule has 0 radical (unpaired) electrons. The van der Waals surface area contributed by atoms with Crippen molar-refractivity contribution in [2.75, 3.05) is 5.43 Å². The van der Waals surface area contributed by atoms with Crippen LogP contribution in [0.4, 0.5) is 6.01 Å². The fourth-order valence-corrected chi connectivity index (χ4v) is 3.40. The average molecular weight is 323 g/mol. The molecular weight excluding hydrogens is 310 g/mol. The van der Waals surface area contributed by atoms with Crippen molar-refractivity contribution in [3.63, 3.8) is 0 Å². The lowest BCUT2D eigenvalue weighted by atomic mass is 10.1. The Morgan fingerprint density at radius 3 is 2.70 bits per heavy atom. The van der Waals surface area contributed by atoms with Gasteiger partial charge in [-0.15, -0.1) is 16.4 Å². The fourth-order valence-electron chi connectivity index (χ4n) is 2.41. The van der Waals surface area contributed by atoms with Crippen LogP contribution in [-0.4, -0.2) is 15.2 Å². The highest BCUT2D eigenvalue weighted by Gasteiger charge is 2.17. The summed E-state index contributed by atoms with van der Waals surface area (Å²) < 4.78 is 5.43. The van der Waals surface area contributed by atoms with Crippen LogP contribution in [-0.2, 0) is 0 Å². The minimum atomic E-state index is 0.181. The molecule has 4 aromatic rings. The van der Waals surface area contributed by atoms with Crippen LogP contribution >= 0.6 is 11.3 Å². The summed E-state index contributed by atoms with van der Waals surface area (Å²) in [6, 6.07) is 14.7. The molecule has 0 bridgehead atoms. The maximum Gasteiger partial charge on any atom is 0.330 e. The van der Waals surface area contributed by atoms with E-state index in [4.69, 9.17) is 10.3 Å². The second-order valence-electron chi connectivity index (χ2n) is 5.05. The van der Waals surface area contributed by atoms with Crippen LogP contribution in [0.1, 0.15) is 5.69 Å². The summed E-state index contributed by atoms with van der Waals surface area (Å²) in [7, 11) is 0. The Bertz CT molecular complexity index is 991. The van der Waals surface area contributed by atoms with Crippen molar-refractivity contribution in [1.29, 1.82) is 0 Å². The molecule has 0 saturated heterocycles. The molecule has 0 aliphatic rings. The predicted molar refractivity (Wildman–Crippen MR) is 90.9 cm³/mol. The zero-order valence-electron chi connectivity index (χ0n) is 12.3. The molecule has 2 aromatic carbocycles. The zero-order valence-corrected chi connectivity index (χ0v) is 13.1. The molecule has 0 amide bonds. The van der Waals surface area contributed by atoms with E-state index in [1.165, 1.54) is 22.1 Å². The molecule has 4 rings (SSSR count). The number of nitrogens with zero attached hydrogens (tertiary/aromatic N) is 3. The van der Waals surface area contributed by atoms with Gasteiger partial charge in [0.2, 0.25) is 0 Å². The van der Waals surface area contributed by atoms with Gasteiger partial charge in [0.1, 0.15) is 9.88 Å². The lowest BCUT2D eigenvalue weighted by Gasteiger charge is -2.00. The lowest BCUT2D eigenvalue weighted by molar-refractivity contribution is 0.583. The maximum absolute atomic E-state index is 5.43. The van der Waals surface area contributed by atoms with Gasteiger partial charge in [-0.2, -0.15) is 0 Å². The molecule has 7 heteroatoms. The number of nitrogen functional groups attached to an aromatic ring is 1. The molecule has 0 unspecified atom stereocenters. The van der Waals surface area contributed by atoms with Crippen molar-refractivity contribution in [2.45, 2.75) is 6.92 Å². The van der Waals surface area contributed by atoms with Crippen molar-refractivity contribution < 1.29 is 4.42 Å². The molecule has 0 atom stereocenters. The van der Waals surface area contributed by atoms with Gasteiger partial charge in [-0.1, -0.05) is 41.5 Å². The number of aromatic nitrogens is 3. The van der Waals surface area contributed by atoms with Crippen LogP contribution < -0.4 is 11.3 Å². The number of hydrogen-bond acceptors (Lipinski definition) is 7. The summed E-state index contributed by atoms with van der Waals surface area (Å²) in [5.41, 5.74) is 4.26. The van der Waals surface area contributed by atoms with E-state index in [0.29, 0.717) is 5.89 Å². The molecule has 3 N–H and O–H groups in total. The molecule has 0 aliphatic carbocycles. The highest BCUT2D eigenvalue weighted by atomic mass is 32.1. The van der Waals surface area contributed by atoms with Gasteiger partial charge >= 0.3 is 6.01 Å². The fraction of sp³-hybridized carbons (Fsp3) is 0.0625.